The number of hydrogen-bond acceptors (Lipinski definition) is 3. The molecule has 2 saturated heterocycles. The number of carbonyl (C=O) groups excluding carboxylic acids is 2. The molecule has 0 aliphatic carbocycles. The molecule has 2 amide bonds. The van der Waals surface area contributed by atoms with Gasteiger partial charge in [-0.05, 0) is 49.8 Å². The minimum atomic E-state index is -0.0708. The summed E-state index contributed by atoms with van der Waals surface area (Å²) in [4.78, 5) is 24.1. The van der Waals surface area contributed by atoms with Crippen LogP contribution < -0.4 is 16.0 Å². The Balaban J connectivity index is 0.00000225. The van der Waals surface area contributed by atoms with Crippen molar-refractivity contribution >= 4 is 35.6 Å². The highest BCUT2D eigenvalue weighted by atomic mass is 35.5. The first-order chi connectivity index (χ1) is 11.5. The van der Waals surface area contributed by atoms with Gasteiger partial charge in [-0.1, -0.05) is 19.9 Å². The Morgan fingerprint density at radius 3 is 2.32 bits per heavy atom. The molecule has 2 aliphatic rings. The molecule has 2 fully saturated rings. The number of piperidine rings is 1. The van der Waals surface area contributed by atoms with E-state index >= 15 is 0 Å². The molecule has 2 bridgehead atoms. The Hall–Kier alpha value is -1.59. The van der Waals surface area contributed by atoms with Crippen molar-refractivity contribution < 1.29 is 9.59 Å². The van der Waals surface area contributed by atoms with Crippen LogP contribution in [0.5, 0.6) is 0 Å². The van der Waals surface area contributed by atoms with Crippen molar-refractivity contribution in [1.29, 1.82) is 0 Å². The highest BCUT2D eigenvalue weighted by Crippen LogP contribution is 2.32. The van der Waals surface area contributed by atoms with Gasteiger partial charge in [-0.25, -0.2) is 0 Å². The van der Waals surface area contributed by atoms with Crippen LogP contribution in [0, 0.1) is 11.8 Å². The third kappa shape index (κ3) is 5.44. The Labute approximate surface area is 155 Å². The van der Waals surface area contributed by atoms with E-state index in [4.69, 9.17) is 0 Å². The SMILES string of the molecule is CC(C)C(=O)Nc1cccc(NC(=O)CC2CC3CCC(C2)N3)c1.Cl. The van der Waals surface area contributed by atoms with Gasteiger partial charge in [0.2, 0.25) is 11.8 Å². The van der Waals surface area contributed by atoms with Crippen molar-refractivity contribution in [3.05, 3.63) is 24.3 Å². The third-order valence-electron chi connectivity index (χ3n) is 4.98. The van der Waals surface area contributed by atoms with Gasteiger partial charge in [-0.3, -0.25) is 9.59 Å². The number of rotatable bonds is 5. The molecular weight excluding hydrogens is 338 g/mol. The first-order valence-electron chi connectivity index (χ1n) is 8.96. The minimum absolute atomic E-state index is 0. The fourth-order valence-electron chi connectivity index (χ4n) is 3.78. The normalized spacial score (nSPS) is 24.5. The summed E-state index contributed by atoms with van der Waals surface area (Å²) < 4.78 is 0. The van der Waals surface area contributed by atoms with E-state index in [1.165, 1.54) is 12.8 Å². The van der Waals surface area contributed by atoms with E-state index in [2.05, 4.69) is 16.0 Å². The molecule has 5 nitrogen and oxygen atoms in total. The summed E-state index contributed by atoms with van der Waals surface area (Å²) in [6.07, 6.45) is 5.29. The van der Waals surface area contributed by atoms with Gasteiger partial charge in [0, 0.05) is 35.8 Å². The highest BCUT2D eigenvalue weighted by molar-refractivity contribution is 5.94. The number of benzene rings is 1. The number of carbonyl (C=O) groups is 2. The van der Waals surface area contributed by atoms with E-state index in [9.17, 15) is 9.59 Å². The van der Waals surface area contributed by atoms with E-state index in [0.717, 1.165) is 18.5 Å². The molecule has 0 aromatic heterocycles. The largest absolute Gasteiger partial charge is 0.326 e. The van der Waals surface area contributed by atoms with E-state index in [1.807, 2.05) is 38.1 Å². The third-order valence-corrected chi connectivity index (χ3v) is 4.98. The summed E-state index contributed by atoms with van der Waals surface area (Å²) >= 11 is 0. The minimum Gasteiger partial charge on any atom is -0.326 e. The molecule has 1 aromatic rings. The summed E-state index contributed by atoms with van der Waals surface area (Å²) in [5, 5.41) is 9.44. The summed E-state index contributed by atoms with van der Waals surface area (Å²) in [6.45, 7) is 3.71. The van der Waals surface area contributed by atoms with Gasteiger partial charge in [0.05, 0.1) is 0 Å². The molecule has 2 unspecified atom stereocenters. The predicted octanol–water partition coefficient (Wildman–Crippen LogP) is 3.56. The molecule has 2 heterocycles. The molecule has 0 spiro atoms. The predicted molar refractivity (Wildman–Crippen MR) is 103 cm³/mol. The molecule has 2 aliphatic heterocycles. The van der Waals surface area contributed by atoms with E-state index in [1.54, 1.807) is 0 Å². The molecule has 2 atom stereocenters. The van der Waals surface area contributed by atoms with Crippen molar-refractivity contribution in [2.24, 2.45) is 11.8 Å². The van der Waals surface area contributed by atoms with Crippen molar-refractivity contribution in [1.82, 2.24) is 5.32 Å². The van der Waals surface area contributed by atoms with Crippen LogP contribution in [0.4, 0.5) is 11.4 Å². The van der Waals surface area contributed by atoms with Crippen LogP contribution in [-0.2, 0) is 9.59 Å². The fraction of sp³-hybridized carbons (Fsp3) is 0.579. The lowest BCUT2D eigenvalue weighted by Gasteiger charge is -2.28. The zero-order chi connectivity index (χ0) is 17.1. The molecule has 3 N–H and O–H groups in total. The standard InChI is InChI=1S/C19H27N3O2.ClH/c1-12(2)19(24)22-15-5-3-4-14(11-15)21-18(23)10-13-8-16-6-7-17(9-13)20-16;/h3-5,11-13,16-17,20H,6-10H2,1-2H3,(H,21,23)(H,22,24);1H. The summed E-state index contributed by atoms with van der Waals surface area (Å²) in [6, 6.07) is 8.56. The first kappa shape index (κ1) is 19.7. The number of anilines is 2. The zero-order valence-electron chi connectivity index (χ0n) is 14.9. The van der Waals surface area contributed by atoms with Crippen LogP contribution in [0.2, 0.25) is 0 Å². The van der Waals surface area contributed by atoms with Crippen LogP contribution in [0.25, 0.3) is 0 Å². The van der Waals surface area contributed by atoms with Crippen molar-refractivity contribution in [3.8, 4) is 0 Å². The molecule has 3 rings (SSSR count). The lowest BCUT2D eigenvalue weighted by Crippen LogP contribution is -2.39. The van der Waals surface area contributed by atoms with Gasteiger partial charge in [0.1, 0.15) is 0 Å². The number of nitrogens with one attached hydrogen (secondary N) is 3. The van der Waals surface area contributed by atoms with Gasteiger partial charge in [0.15, 0.2) is 0 Å². The average Bonchev–Trinajstić information content (AvgIpc) is 2.86. The molecule has 0 saturated carbocycles. The molecule has 6 heteroatoms. The topological polar surface area (TPSA) is 70.2 Å². The Morgan fingerprint density at radius 2 is 1.72 bits per heavy atom. The highest BCUT2D eigenvalue weighted by Gasteiger charge is 2.34. The smallest absolute Gasteiger partial charge is 0.226 e. The summed E-state index contributed by atoms with van der Waals surface area (Å²) in [5.74, 6) is 0.448. The van der Waals surface area contributed by atoms with Crippen molar-refractivity contribution in [2.45, 2.75) is 58.0 Å². The maximum absolute atomic E-state index is 12.3. The van der Waals surface area contributed by atoms with Crippen molar-refractivity contribution in [3.63, 3.8) is 0 Å². The lowest BCUT2D eigenvalue weighted by molar-refractivity contribution is -0.119. The first-order valence-corrected chi connectivity index (χ1v) is 8.96. The number of halogens is 1. The van der Waals surface area contributed by atoms with Gasteiger partial charge in [0.25, 0.3) is 0 Å². The second-order valence-corrected chi connectivity index (χ2v) is 7.45. The van der Waals surface area contributed by atoms with E-state index in [0.29, 0.717) is 30.1 Å². The molecule has 25 heavy (non-hydrogen) atoms. The van der Waals surface area contributed by atoms with E-state index < -0.39 is 0 Å². The Morgan fingerprint density at radius 1 is 1.12 bits per heavy atom. The van der Waals surface area contributed by atoms with Gasteiger partial charge in [-0.15, -0.1) is 12.4 Å². The fourth-order valence-corrected chi connectivity index (χ4v) is 3.78. The molecular formula is C19H28ClN3O2. The Kier molecular flexibility index (Phi) is 6.85. The van der Waals surface area contributed by atoms with Crippen LogP contribution in [0.1, 0.15) is 46.0 Å². The van der Waals surface area contributed by atoms with Crippen LogP contribution in [-0.4, -0.2) is 23.9 Å². The van der Waals surface area contributed by atoms with Crippen molar-refractivity contribution in [2.75, 3.05) is 10.6 Å². The van der Waals surface area contributed by atoms with Gasteiger partial charge < -0.3 is 16.0 Å². The summed E-state index contributed by atoms with van der Waals surface area (Å²) in [7, 11) is 0. The lowest BCUT2D eigenvalue weighted by atomic mass is 9.89. The molecule has 138 valence electrons. The van der Waals surface area contributed by atoms with Crippen LogP contribution in [0.15, 0.2) is 24.3 Å². The average molecular weight is 366 g/mol. The summed E-state index contributed by atoms with van der Waals surface area (Å²) in [5.41, 5.74) is 1.45. The second-order valence-electron chi connectivity index (χ2n) is 7.45. The zero-order valence-corrected chi connectivity index (χ0v) is 15.7. The monoisotopic (exact) mass is 365 g/mol. The number of fused-ring (bicyclic) bond motifs is 2. The van der Waals surface area contributed by atoms with Gasteiger partial charge >= 0.3 is 0 Å². The van der Waals surface area contributed by atoms with Crippen LogP contribution in [0.3, 0.4) is 0 Å². The number of hydrogen-bond donors (Lipinski definition) is 3. The quantitative estimate of drug-likeness (QED) is 0.747. The number of amides is 2. The second kappa shape index (κ2) is 8.68. The van der Waals surface area contributed by atoms with E-state index in [-0.39, 0.29) is 30.1 Å². The molecule has 0 radical (unpaired) electrons. The Bertz CT molecular complexity index is 608. The van der Waals surface area contributed by atoms with Gasteiger partial charge in [-0.2, -0.15) is 0 Å². The molecule has 1 aromatic carbocycles. The maximum atomic E-state index is 12.3. The maximum Gasteiger partial charge on any atom is 0.226 e. The van der Waals surface area contributed by atoms with Crippen LogP contribution >= 0.6 is 12.4 Å².